The quantitative estimate of drug-likeness (QED) is 0.669. The van der Waals surface area contributed by atoms with E-state index in [1.54, 1.807) is 6.07 Å². The molecular formula is C8H8N2O3. The number of hydrogen-bond donors (Lipinski definition) is 2. The number of rotatable bonds is 3. The molecule has 0 unspecified atom stereocenters. The Morgan fingerprint density at radius 1 is 1.62 bits per heavy atom. The first kappa shape index (κ1) is 9.18. The number of nitrogens with zero attached hydrogens (tertiary/aromatic N) is 1. The van der Waals surface area contributed by atoms with Gasteiger partial charge in [-0.3, -0.25) is 9.78 Å². The third kappa shape index (κ3) is 2.90. The Bertz CT molecular complexity index is 308. The molecule has 1 amide bonds. The first-order chi connectivity index (χ1) is 6.22. The fourth-order valence-corrected chi connectivity index (χ4v) is 0.788. The zero-order valence-electron chi connectivity index (χ0n) is 6.73. The number of carbonyl (C=O) groups excluding carboxylic acids is 1. The highest BCUT2D eigenvalue weighted by molar-refractivity contribution is 5.71. The third-order valence-corrected chi connectivity index (χ3v) is 1.41. The Kier molecular flexibility index (Phi) is 2.97. The van der Waals surface area contributed by atoms with Gasteiger partial charge in [-0.15, -0.1) is 0 Å². The topological polar surface area (TPSA) is 79.3 Å². The fraction of sp³-hybridized carbons (Fsp3) is 0.125. The number of aromatic nitrogens is 1. The van der Waals surface area contributed by atoms with Gasteiger partial charge in [0.2, 0.25) is 0 Å². The van der Waals surface area contributed by atoms with Crippen molar-refractivity contribution in [1.29, 1.82) is 0 Å². The van der Waals surface area contributed by atoms with Gasteiger partial charge in [0.15, 0.2) is 6.29 Å². The molecule has 1 aromatic heterocycles. The van der Waals surface area contributed by atoms with Crippen molar-refractivity contribution in [2.24, 2.45) is 0 Å². The molecule has 0 aliphatic rings. The number of nitrogens with one attached hydrogen (secondary N) is 1. The van der Waals surface area contributed by atoms with Crippen LogP contribution in [-0.4, -0.2) is 22.5 Å². The molecule has 0 radical (unpaired) electrons. The second-order valence-corrected chi connectivity index (χ2v) is 2.37. The Balaban J connectivity index is 2.59. The van der Waals surface area contributed by atoms with Crippen molar-refractivity contribution < 1.29 is 14.7 Å². The van der Waals surface area contributed by atoms with Gasteiger partial charge in [-0.25, -0.2) is 4.79 Å². The van der Waals surface area contributed by atoms with Crippen LogP contribution in [0.1, 0.15) is 16.1 Å². The first-order valence-electron chi connectivity index (χ1n) is 3.59. The van der Waals surface area contributed by atoms with Gasteiger partial charge in [-0.1, -0.05) is 6.07 Å². The van der Waals surface area contributed by atoms with Crippen LogP contribution in [0.15, 0.2) is 18.3 Å². The van der Waals surface area contributed by atoms with E-state index in [0.717, 1.165) is 0 Å². The number of aldehydes is 1. The molecule has 0 saturated carbocycles. The zero-order valence-corrected chi connectivity index (χ0v) is 6.73. The number of pyridine rings is 1. The number of hydrogen-bond acceptors (Lipinski definition) is 3. The third-order valence-electron chi connectivity index (χ3n) is 1.41. The van der Waals surface area contributed by atoms with Crippen LogP contribution in [0.3, 0.4) is 0 Å². The van der Waals surface area contributed by atoms with E-state index >= 15 is 0 Å². The minimum atomic E-state index is -1.08. The lowest BCUT2D eigenvalue weighted by Gasteiger charge is -1.99. The molecule has 5 heteroatoms. The van der Waals surface area contributed by atoms with Gasteiger partial charge in [-0.05, 0) is 11.6 Å². The second kappa shape index (κ2) is 4.20. The first-order valence-corrected chi connectivity index (χ1v) is 3.59. The summed E-state index contributed by atoms with van der Waals surface area (Å²) in [7, 11) is 0. The molecule has 1 aromatic rings. The molecule has 68 valence electrons. The largest absolute Gasteiger partial charge is 0.465 e. The summed E-state index contributed by atoms with van der Waals surface area (Å²) in [5.41, 5.74) is 1.05. The number of carboxylic acid groups (broad SMARTS) is 1. The van der Waals surface area contributed by atoms with Crippen LogP contribution in [0, 0.1) is 0 Å². The van der Waals surface area contributed by atoms with Crippen molar-refractivity contribution in [3.05, 3.63) is 29.6 Å². The molecule has 2 N–H and O–H groups in total. The predicted octanol–water partition coefficient (Wildman–Crippen LogP) is 0.662. The molecule has 0 bridgehead atoms. The average Bonchev–Trinajstić information content (AvgIpc) is 2.15. The van der Waals surface area contributed by atoms with Crippen molar-refractivity contribution in [2.75, 3.05) is 0 Å². The minimum Gasteiger partial charge on any atom is -0.465 e. The van der Waals surface area contributed by atoms with Crippen LogP contribution in [0.5, 0.6) is 0 Å². The Morgan fingerprint density at radius 2 is 2.38 bits per heavy atom. The van der Waals surface area contributed by atoms with Gasteiger partial charge < -0.3 is 10.4 Å². The summed E-state index contributed by atoms with van der Waals surface area (Å²) in [6.07, 6.45) is 1.01. The molecule has 0 fully saturated rings. The Labute approximate surface area is 74.4 Å². The van der Waals surface area contributed by atoms with Crippen molar-refractivity contribution in [2.45, 2.75) is 6.54 Å². The summed E-state index contributed by atoms with van der Waals surface area (Å²) in [6, 6.07) is 3.18. The van der Waals surface area contributed by atoms with Crippen LogP contribution >= 0.6 is 0 Å². The smallest absolute Gasteiger partial charge is 0.404 e. The average molecular weight is 180 g/mol. The van der Waals surface area contributed by atoms with Gasteiger partial charge in [0.05, 0.1) is 0 Å². The van der Waals surface area contributed by atoms with E-state index in [1.165, 1.54) is 12.3 Å². The Hall–Kier alpha value is -1.91. The lowest BCUT2D eigenvalue weighted by molar-refractivity contribution is 0.111. The van der Waals surface area contributed by atoms with E-state index in [4.69, 9.17) is 5.11 Å². The molecule has 0 aliphatic carbocycles. The lowest BCUT2D eigenvalue weighted by Crippen LogP contribution is -2.19. The van der Waals surface area contributed by atoms with Crippen molar-refractivity contribution in [3.8, 4) is 0 Å². The van der Waals surface area contributed by atoms with Crippen LogP contribution in [0.25, 0.3) is 0 Å². The van der Waals surface area contributed by atoms with E-state index in [9.17, 15) is 9.59 Å². The lowest BCUT2D eigenvalue weighted by atomic mass is 10.2. The number of carbonyl (C=O) groups is 2. The second-order valence-electron chi connectivity index (χ2n) is 2.37. The molecule has 0 spiro atoms. The van der Waals surface area contributed by atoms with Crippen LogP contribution in [-0.2, 0) is 6.54 Å². The summed E-state index contributed by atoms with van der Waals surface area (Å²) in [6.45, 7) is 0.196. The van der Waals surface area contributed by atoms with Crippen LogP contribution in [0.4, 0.5) is 4.79 Å². The van der Waals surface area contributed by atoms with E-state index in [2.05, 4.69) is 10.3 Å². The fourth-order valence-electron chi connectivity index (χ4n) is 0.788. The van der Waals surface area contributed by atoms with E-state index in [-0.39, 0.29) is 6.54 Å². The molecular weight excluding hydrogens is 172 g/mol. The minimum absolute atomic E-state index is 0.196. The standard InChI is InChI=1S/C8H8N2O3/c11-5-7-2-1-6(3-9-7)4-10-8(12)13/h1-3,5,10H,4H2,(H,12,13). The molecule has 0 aromatic carbocycles. The molecule has 5 nitrogen and oxygen atoms in total. The van der Waals surface area contributed by atoms with Gasteiger partial charge in [0, 0.05) is 12.7 Å². The molecule has 0 atom stereocenters. The molecule has 1 heterocycles. The van der Waals surface area contributed by atoms with E-state index in [0.29, 0.717) is 17.5 Å². The van der Waals surface area contributed by atoms with Gasteiger partial charge in [-0.2, -0.15) is 0 Å². The molecule has 0 aliphatic heterocycles. The van der Waals surface area contributed by atoms with Crippen molar-refractivity contribution >= 4 is 12.4 Å². The van der Waals surface area contributed by atoms with Crippen LogP contribution < -0.4 is 5.32 Å². The summed E-state index contributed by atoms with van der Waals surface area (Å²) >= 11 is 0. The summed E-state index contributed by atoms with van der Waals surface area (Å²) in [4.78, 5) is 24.1. The molecule has 0 saturated heterocycles. The highest BCUT2D eigenvalue weighted by atomic mass is 16.4. The highest BCUT2D eigenvalue weighted by Crippen LogP contribution is 1.97. The summed E-state index contributed by atoms with van der Waals surface area (Å²) in [5, 5.41) is 10.5. The zero-order chi connectivity index (χ0) is 9.68. The van der Waals surface area contributed by atoms with Gasteiger partial charge >= 0.3 is 6.09 Å². The van der Waals surface area contributed by atoms with Crippen molar-refractivity contribution in [3.63, 3.8) is 0 Å². The number of amides is 1. The monoisotopic (exact) mass is 180 g/mol. The molecule has 1 rings (SSSR count). The maximum absolute atomic E-state index is 10.2. The highest BCUT2D eigenvalue weighted by Gasteiger charge is 1.97. The normalized spacial score (nSPS) is 9.23. The summed E-state index contributed by atoms with van der Waals surface area (Å²) in [5.74, 6) is 0. The summed E-state index contributed by atoms with van der Waals surface area (Å²) < 4.78 is 0. The van der Waals surface area contributed by atoms with Crippen molar-refractivity contribution in [1.82, 2.24) is 10.3 Å². The maximum atomic E-state index is 10.2. The SMILES string of the molecule is O=Cc1ccc(CNC(=O)O)cn1. The van der Waals surface area contributed by atoms with E-state index in [1.807, 2.05) is 0 Å². The van der Waals surface area contributed by atoms with Gasteiger partial charge in [0.25, 0.3) is 0 Å². The Morgan fingerprint density at radius 3 is 2.85 bits per heavy atom. The van der Waals surface area contributed by atoms with E-state index < -0.39 is 6.09 Å². The maximum Gasteiger partial charge on any atom is 0.404 e. The molecule has 13 heavy (non-hydrogen) atoms. The predicted molar refractivity (Wildman–Crippen MR) is 44.5 cm³/mol. The van der Waals surface area contributed by atoms with Gasteiger partial charge in [0.1, 0.15) is 5.69 Å². The van der Waals surface area contributed by atoms with Crippen LogP contribution in [0.2, 0.25) is 0 Å².